The minimum atomic E-state index is -0.0702. The number of ether oxygens (including phenoxy) is 1. The molecule has 0 N–H and O–H groups in total. The number of carbonyl (C=O) groups is 1. The lowest BCUT2D eigenvalue weighted by Crippen LogP contribution is -2.05. The van der Waals surface area contributed by atoms with E-state index in [1.807, 2.05) is 18.7 Å². The van der Waals surface area contributed by atoms with E-state index < -0.39 is 0 Å². The van der Waals surface area contributed by atoms with Gasteiger partial charge in [-0.1, -0.05) is 20.3 Å². The van der Waals surface area contributed by atoms with E-state index in [-0.39, 0.29) is 5.97 Å². The molecule has 0 aliphatic heterocycles. The number of rotatable bonds is 7. The molecule has 1 unspecified atom stereocenters. The van der Waals surface area contributed by atoms with Gasteiger partial charge in [0, 0.05) is 5.75 Å². The average molecular weight is 204 g/mol. The highest BCUT2D eigenvalue weighted by molar-refractivity contribution is 7.99. The van der Waals surface area contributed by atoms with Gasteiger partial charge in [-0.25, -0.2) is 0 Å². The van der Waals surface area contributed by atoms with Gasteiger partial charge in [0.25, 0.3) is 0 Å². The smallest absolute Gasteiger partial charge is 0.306 e. The van der Waals surface area contributed by atoms with Gasteiger partial charge >= 0.3 is 5.97 Å². The minimum absolute atomic E-state index is 0.0702. The van der Waals surface area contributed by atoms with Gasteiger partial charge in [-0.2, -0.15) is 11.8 Å². The van der Waals surface area contributed by atoms with Crippen molar-refractivity contribution in [2.24, 2.45) is 5.92 Å². The summed E-state index contributed by atoms with van der Waals surface area (Å²) in [5.41, 5.74) is 0. The molecule has 0 radical (unpaired) electrons. The van der Waals surface area contributed by atoms with E-state index in [2.05, 4.69) is 13.8 Å². The summed E-state index contributed by atoms with van der Waals surface area (Å²) in [5.74, 6) is 2.73. The Hall–Kier alpha value is -0.180. The number of thioether (sulfide) groups is 1. The van der Waals surface area contributed by atoms with Crippen molar-refractivity contribution in [1.29, 1.82) is 0 Å². The molecule has 0 rings (SSSR count). The Balaban J connectivity index is 3.20. The first kappa shape index (κ1) is 12.8. The lowest BCUT2D eigenvalue weighted by molar-refractivity contribution is -0.142. The van der Waals surface area contributed by atoms with Crippen LogP contribution in [0.25, 0.3) is 0 Å². The molecule has 0 aromatic carbocycles. The molecule has 0 fully saturated rings. The van der Waals surface area contributed by atoms with Gasteiger partial charge in [0.15, 0.2) is 0 Å². The van der Waals surface area contributed by atoms with Crippen LogP contribution in [0.15, 0.2) is 0 Å². The summed E-state index contributed by atoms with van der Waals surface area (Å²) in [4.78, 5) is 10.9. The van der Waals surface area contributed by atoms with Crippen LogP contribution < -0.4 is 0 Å². The van der Waals surface area contributed by atoms with Gasteiger partial charge in [0.05, 0.1) is 13.0 Å². The van der Waals surface area contributed by atoms with Crippen LogP contribution in [0.1, 0.15) is 33.6 Å². The maximum absolute atomic E-state index is 10.9. The van der Waals surface area contributed by atoms with E-state index >= 15 is 0 Å². The predicted molar refractivity (Wildman–Crippen MR) is 58.0 cm³/mol. The third-order valence-corrected chi connectivity index (χ3v) is 3.15. The van der Waals surface area contributed by atoms with E-state index in [0.29, 0.717) is 13.0 Å². The predicted octanol–water partition coefficient (Wildman–Crippen LogP) is 2.72. The summed E-state index contributed by atoms with van der Waals surface area (Å²) < 4.78 is 4.82. The van der Waals surface area contributed by atoms with Gasteiger partial charge in [-0.05, 0) is 18.6 Å². The van der Waals surface area contributed by atoms with E-state index in [4.69, 9.17) is 4.74 Å². The van der Waals surface area contributed by atoms with E-state index in [1.165, 1.54) is 6.42 Å². The molecule has 0 bridgehead atoms. The molecule has 0 aliphatic rings. The molecule has 0 amide bonds. The minimum Gasteiger partial charge on any atom is -0.466 e. The highest BCUT2D eigenvalue weighted by Crippen LogP contribution is 2.12. The molecule has 0 spiro atoms. The second kappa shape index (κ2) is 8.42. The van der Waals surface area contributed by atoms with Crippen molar-refractivity contribution in [1.82, 2.24) is 0 Å². The fourth-order valence-electron chi connectivity index (χ4n) is 0.791. The zero-order chi connectivity index (χ0) is 10.1. The number of carbonyl (C=O) groups excluding carboxylic acids is 1. The zero-order valence-electron chi connectivity index (χ0n) is 8.84. The summed E-state index contributed by atoms with van der Waals surface area (Å²) in [6.07, 6.45) is 1.77. The standard InChI is InChI=1S/C10H20O2S/c1-4-9(3)8-13-7-6-10(11)12-5-2/h9H,4-8H2,1-3H3. The second-order valence-corrected chi connectivity index (χ2v) is 4.29. The van der Waals surface area contributed by atoms with Gasteiger partial charge < -0.3 is 4.74 Å². The lowest BCUT2D eigenvalue weighted by atomic mass is 10.2. The van der Waals surface area contributed by atoms with Crippen molar-refractivity contribution in [2.45, 2.75) is 33.6 Å². The summed E-state index contributed by atoms with van der Waals surface area (Å²) >= 11 is 1.84. The third-order valence-electron chi connectivity index (χ3n) is 1.86. The van der Waals surface area contributed by atoms with Crippen molar-refractivity contribution in [2.75, 3.05) is 18.1 Å². The fraction of sp³-hybridized carbons (Fsp3) is 0.900. The van der Waals surface area contributed by atoms with Crippen molar-refractivity contribution < 1.29 is 9.53 Å². The number of hydrogen-bond donors (Lipinski definition) is 0. The van der Waals surface area contributed by atoms with E-state index in [9.17, 15) is 4.79 Å². The topological polar surface area (TPSA) is 26.3 Å². The zero-order valence-corrected chi connectivity index (χ0v) is 9.65. The maximum atomic E-state index is 10.9. The molecular formula is C10H20O2S. The van der Waals surface area contributed by atoms with Crippen LogP contribution in [0.4, 0.5) is 0 Å². The first-order valence-electron chi connectivity index (χ1n) is 4.94. The van der Waals surface area contributed by atoms with Crippen molar-refractivity contribution in [3.05, 3.63) is 0 Å². The second-order valence-electron chi connectivity index (χ2n) is 3.14. The van der Waals surface area contributed by atoms with Crippen LogP contribution in [0, 0.1) is 5.92 Å². The molecule has 3 heteroatoms. The van der Waals surface area contributed by atoms with Crippen molar-refractivity contribution >= 4 is 17.7 Å². The van der Waals surface area contributed by atoms with Crippen LogP contribution in [-0.2, 0) is 9.53 Å². The number of hydrogen-bond acceptors (Lipinski definition) is 3. The van der Waals surface area contributed by atoms with Crippen molar-refractivity contribution in [3.63, 3.8) is 0 Å². The Morgan fingerprint density at radius 1 is 1.46 bits per heavy atom. The molecular weight excluding hydrogens is 184 g/mol. The molecule has 1 atom stereocenters. The highest BCUT2D eigenvalue weighted by Gasteiger charge is 2.02. The van der Waals surface area contributed by atoms with Crippen LogP contribution >= 0.6 is 11.8 Å². The first-order chi connectivity index (χ1) is 6.20. The molecule has 13 heavy (non-hydrogen) atoms. The normalized spacial score (nSPS) is 12.5. The average Bonchev–Trinajstić information content (AvgIpc) is 2.12. The molecule has 0 saturated heterocycles. The monoisotopic (exact) mass is 204 g/mol. The van der Waals surface area contributed by atoms with Gasteiger partial charge in [-0.15, -0.1) is 0 Å². The number of esters is 1. The first-order valence-corrected chi connectivity index (χ1v) is 6.09. The Labute approximate surface area is 85.4 Å². The van der Waals surface area contributed by atoms with Gasteiger partial charge in [-0.3, -0.25) is 4.79 Å². The Morgan fingerprint density at radius 2 is 2.15 bits per heavy atom. The largest absolute Gasteiger partial charge is 0.466 e. The van der Waals surface area contributed by atoms with Gasteiger partial charge in [0.2, 0.25) is 0 Å². The molecule has 0 aliphatic carbocycles. The molecule has 78 valence electrons. The molecule has 2 nitrogen and oxygen atoms in total. The Bertz CT molecular complexity index is 137. The quantitative estimate of drug-likeness (QED) is 0.471. The van der Waals surface area contributed by atoms with Crippen molar-refractivity contribution in [3.8, 4) is 0 Å². The summed E-state index contributed by atoms with van der Waals surface area (Å²) in [7, 11) is 0. The Kier molecular flexibility index (Phi) is 8.30. The maximum Gasteiger partial charge on any atom is 0.306 e. The molecule has 0 heterocycles. The van der Waals surface area contributed by atoms with Crippen LogP contribution in [0.2, 0.25) is 0 Å². The van der Waals surface area contributed by atoms with E-state index in [1.54, 1.807) is 0 Å². The molecule has 0 saturated carbocycles. The van der Waals surface area contributed by atoms with Crippen LogP contribution in [0.3, 0.4) is 0 Å². The van der Waals surface area contributed by atoms with E-state index in [0.717, 1.165) is 17.4 Å². The van der Waals surface area contributed by atoms with Crippen LogP contribution in [0.5, 0.6) is 0 Å². The summed E-state index contributed by atoms with van der Waals surface area (Å²) in [6, 6.07) is 0. The van der Waals surface area contributed by atoms with Crippen LogP contribution in [-0.4, -0.2) is 24.1 Å². The van der Waals surface area contributed by atoms with Gasteiger partial charge in [0.1, 0.15) is 0 Å². The fourth-order valence-corrected chi connectivity index (χ4v) is 1.91. The molecule has 0 aromatic heterocycles. The summed E-state index contributed by atoms with van der Waals surface area (Å²) in [6.45, 7) is 6.76. The molecule has 0 aromatic rings. The lowest BCUT2D eigenvalue weighted by Gasteiger charge is -2.06. The SMILES string of the molecule is CCOC(=O)CCSCC(C)CC. The Morgan fingerprint density at radius 3 is 2.69 bits per heavy atom. The summed E-state index contributed by atoms with van der Waals surface area (Å²) in [5, 5.41) is 0. The highest BCUT2D eigenvalue weighted by atomic mass is 32.2. The third kappa shape index (κ3) is 8.16.